The number of nitrogens with zero attached hydrogens (tertiary/aromatic N) is 2. The second-order valence-corrected chi connectivity index (χ2v) is 5.85. The highest BCUT2D eigenvalue weighted by molar-refractivity contribution is 5.27. The maximum Gasteiger partial charge on any atom is 0.416 e. The van der Waals surface area contributed by atoms with Gasteiger partial charge in [-0.15, -0.1) is 0 Å². The Morgan fingerprint density at radius 3 is 2.28 bits per heavy atom. The van der Waals surface area contributed by atoms with Gasteiger partial charge in [-0.2, -0.15) is 13.2 Å². The molecule has 0 bridgehead atoms. The second-order valence-electron chi connectivity index (χ2n) is 5.85. The molecule has 0 radical (unpaired) electrons. The first-order valence-corrected chi connectivity index (χ1v) is 8.46. The van der Waals surface area contributed by atoms with Gasteiger partial charge in [-0.05, 0) is 42.4 Å². The van der Waals surface area contributed by atoms with Gasteiger partial charge < -0.3 is 5.32 Å². The van der Waals surface area contributed by atoms with Crippen molar-refractivity contribution < 1.29 is 13.2 Å². The Morgan fingerprint density at radius 2 is 1.76 bits per heavy atom. The monoisotopic (exact) mass is 351 g/mol. The fourth-order valence-corrected chi connectivity index (χ4v) is 2.87. The maximum atomic E-state index is 12.8. The zero-order valence-corrected chi connectivity index (χ0v) is 14.6. The minimum absolute atomic E-state index is 0.0222. The minimum atomic E-state index is -4.30. The van der Waals surface area contributed by atoms with E-state index in [2.05, 4.69) is 29.0 Å². The fraction of sp³-hybridized carbons (Fsp3) is 0.421. The van der Waals surface area contributed by atoms with E-state index in [1.54, 1.807) is 24.5 Å². The third-order valence-electron chi connectivity index (χ3n) is 4.27. The van der Waals surface area contributed by atoms with E-state index in [1.165, 1.54) is 0 Å². The molecule has 0 fully saturated rings. The molecule has 2 aromatic rings. The molecular formula is C19H24F3N3. The van der Waals surface area contributed by atoms with E-state index in [0.717, 1.165) is 36.3 Å². The first kappa shape index (κ1) is 19.4. The molecule has 1 heterocycles. The molecule has 1 aromatic heterocycles. The van der Waals surface area contributed by atoms with Crippen LogP contribution >= 0.6 is 0 Å². The van der Waals surface area contributed by atoms with Gasteiger partial charge in [0.25, 0.3) is 0 Å². The summed E-state index contributed by atoms with van der Waals surface area (Å²) in [6.07, 6.45) is -0.774. The van der Waals surface area contributed by atoms with Gasteiger partial charge in [0.2, 0.25) is 0 Å². The highest BCUT2D eigenvalue weighted by Gasteiger charge is 2.30. The number of pyridine rings is 1. The molecule has 1 atom stereocenters. The van der Waals surface area contributed by atoms with Crippen molar-refractivity contribution in [2.75, 3.05) is 19.6 Å². The summed E-state index contributed by atoms with van der Waals surface area (Å²) in [5.41, 5.74) is 1.35. The Kier molecular flexibility index (Phi) is 6.96. The van der Waals surface area contributed by atoms with Crippen molar-refractivity contribution in [1.82, 2.24) is 15.2 Å². The number of hydrogen-bond acceptors (Lipinski definition) is 3. The Hall–Kier alpha value is -1.92. The van der Waals surface area contributed by atoms with Gasteiger partial charge in [-0.1, -0.05) is 32.0 Å². The van der Waals surface area contributed by atoms with Crippen LogP contribution in [0, 0.1) is 0 Å². The van der Waals surface area contributed by atoms with E-state index < -0.39 is 11.7 Å². The van der Waals surface area contributed by atoms with Crippen LogP contribution in [0.2, 0.25) is 0 Å². The van der Waals surface area contributed by atoms with Crippen LogP contribution in [-0.2, 0) is 12.7 Å². The van der Waals surface area contributed by atoms with Gasteiger partial charge in [0.1, 0.15) is 0 Å². The molecule has 2 rings (SSSR count). The number of aromatic nitrogens is 1. The molecule has 25 heavy (non-hydrogen) atoms. The van der Waals surface area contributed by atoms with Gasteiger partial charge in [0.15, 0.2) is 0 Å². The minimum Gasteiger partial charge on any atom is -0.311 e. The van der Waals surface area contributed by atoms with E-state index >= 15 is 0 Å². The molecule has 6 heteroatoms. The van der Waals surface area contributed by atoms with Crippen molar-refractivity contribution in [3.63, 3.8) is 0 Å². The summed E-state index contributed by atoms with van der Waals surface area (Å²) < 4.78 is 38.3. The van der Waals surface area contributed by atoms with E-state index in [0.29, 0.717) is 13.1 Å². The van der Waals surface area contributed by atoms with Crippen LogP contribution in [0.5, 0.6) is 0 Å². The molecule has 0 amide bonds. The lowest BCUT2D eigenvalue weighted by Gasteiger charge is -2.30. The molecule has 0 saturated heterocycles. The van der Waals surface area contributed by atoms with Crippen molar-refractivity contribution >= 4 is 0 Å². The number of rotatable bonds is 8. The van der Waals surface area contributed by atoms with E-state index in [9.17, 15) is 13.2 Å². The molecule has 1 N–H and O–H groups in total. The number of nitrogens with one attached hydrogen (secondary N) is 1. The maximum absolute atomic E-state index is 12.8. The molecular weight excluding hydrogens is 327 g/mol. The average Bonchev–Trinajstić information content (AvgIpc) is 2.61. The van der Waals surface area contributed by atoms with Crippen molar-refractivity contribution in [2.24, 2.45) is 0 Å². The lowest BCUT2D eigenvalue weighted by molar-refractivity contribution is -0.137. The summed E-state index contributed by atoms with van der Waals surface area (Å²) in [5, 5.41) is 3.39. The molecule has 0 aliphatic heterocycles. The van der Waals surface area contributed by atoms with Gasteiger partial charge >= 0.3 is 6.18 Å². The molecule has 3 nitrogen and oxygen atoms in total. The van der Waals surface area contributed by atoms with Gasteiger partial charge in [0.05, 0.1) is 5.56 Å². The number of likely N-dealkylation sites (N-methyl/N-ethyl adjacent to an activating group) is 1. The molecule has 0 aliphatic rings. The summed E-state index contributed by atoms with van der Waals surface area (Å²) in [4.78, 5) is 6.32. The van der Waals surface area contributed by atoms with E-state index in [4.69, 9.17) is 0 Å². The van der Waals surface area contributed by atoms with Crippen LogP contribution in [0.15, 0.2) is 48.8 Å². The SMILES string of the molecule is CCN(CC)C(CNCc1cccnc1)c1ccc(C(F)(F)F)cc1. The molecule has 136 valence electrons. The summed E-state index contributed by atoms with van der Waals surface area (Å²) >= 11 is 0. The normalized spacial score (nSPS) is 13.2. The van der Waals surface area contributed by atoms with E-state index in [1.807, 2.05) is 12.1 Å². The average molecular weight is 351 g/mol. The number of halogens is 3. The number of alkyl halides is 3. The molecule has 0 spiro atoms. The molecule has 1 aromatic carbocycles. The highest BCUT2D eigenvalue weighted by atomic mass is 19.4. The predicted molar refractivity (Wildman–Crippen MR) is 93.0 cm³/mol. The third-order valence-corrected chi connectivity index (χ3v) is 4.27. The summed E-state index contributed by atoms with van der Waals surface area (Å²) in [5.74, 6) is 0. The number of benzene rings is 1. The van der Waals surface area contributed by atoms with Crippen molar-refractivity contribution in [3.05, 3.63) is 65.5 Å². The summed E-state index contributed by atoms with van der Waals surface area (Å²) in [7, 11) is 0. The van der Waals surface area contributed by atoms with E-state index in [-0.39, 0.29) is 6.04 Å². The van der Waals surface area contributed by atoms with Crippen molar-refractivity contribution in [3.8, 4) is 0 Å². The fourth-order valence-electron chi connectivity index (χ4n) is 2.87. The lowest BCUT2D eigenvalue weighted by Crippen LogP contribution is -2.35. The third kappa shape index (κ3) is 5.54. The summed E-state index contributed by atoms with van der Waals surface area (Å²) in [6.45, 7) is 7.10. The Bertz CT molecular complexity index is 623. The topological polar surface area (TPSA) is 28.2 Å². The Morgan fingerprint density at radius 1 is 1.08 bits per heavy atom. The van der Waals surface area contributed by atoms with Crippen LogP contribution in [0.4, 0.5) is 13.2 Å². The lowest BCUT2D eigenvalue weighted by atomic mass is 10.0. The van der Waals surface area contributed by atoms with Crippen LogP contribution in [0.3, 0.4) is 0 Å². The molecule has 1 unspecified atom stereocenters. The zero-order valence-electron chi connectivity index (χ0n) is 14.6. The zero-order chi connectivity index (χ0) is 18.3. The Balaban J connectivity index is 2.10. The first-order chi connectivity index (χ1) is 12.0. The highest BCUT2D eigenvalue weighted by Crippen LogP contribution is 2.30. The largest absolute Gasteiger partial charge is 0.416 e. The smallest absolute Gasteiger partial charge is 0.311 e. The summed E-state index contributed by atoms with van der Waals surface area (Å²) in [6, 6.07) is 9.38. The van der Waals surface area contributed by atoms with Gasteiger partial charge in [0, 0.05) is 31.5 Å². The van der Waals surface area contributed by atoms with Crippen LogP contribution in [0.25, 0.3) is 0 Å². The number of hydrogen-bond donors (Lipinski definition) is 1. The standard InChI is InChI=1S/C19H24F3N3/c1-3-25(4-2)18(14-24-13-15-6-5-11-23-12-15)16-7-9-17(10-8-16)19(20,21)22/h5-12,18,24H,3-4,13-14H2,1-2H3. The first-order valence-electron chi connectivity index (χ1n) is 8.46. The predicted octanol–water partition coefficient (Wildman–Crippen LogP) is 4.27. The van der Waals surface area contributed by atoms with Gasteiger partial charge in [-0.3, -0.25) is 9.88 Å². The van der Waals surface area contributed by atoms with Crippen LogP contribution in [-0.4, -0.2) is 29.5 Å². The van der Waals surface area contributed by atoms with Crippen molar-refractivity contribution in [2.45, 2.75) is 32.6 Å². The molecule has 0 aliphatic carbocycles. The van der Waals surface area contributed by atoms with Gasteiger partial charge in [-0.25, -0.2) is 0 Å². The molecule has 0 saturated carbocycles. The van der Waals surface area contributed by atoms with Crippen LogP contribution < -0.4 is 5.32 Å². The van der Waals surface area contributed by atoms with Crippen LogP contribution in [0.1, 0.15) is 36.6 Å². The Labute approximate surface area is 146 Å². The van der Waals surface area contributed by atoms with Crippen molar-refractivity contribution in [1.29, 1.82) is 0 Å². The quantitative estimate of drug-likeness (QED) is 0.770. The second kappa shape index (κ2) is 8.97.